The third-order valence-electron chi connectivity index (χ3n) is 4.36. The zero-order valence-electron chi connectivity index (χ0n) is 16.1. The third-order valence-corrected chi connectivity index (χ3v) is 4.96. The van der Waals surface area contributed by atoms with Crippen molar-refractivity contribution in [3.05, 3.63) is 57.1 Å². The summed E-state index contributed by atoms with van der Waals surface area (Å²) in [7, 11) is 0. The van der Waals surface area contributed by atoms with Crippen molar-refractivity contribution in [2.24, 2.45) is 0 Å². The number of phenols is 1. The van der Waals surface area contributed by atoms with Gasteiger partial charge in [0.2, 0.25) is 0 Å². The maximum absolute atomic E-state index is 13.0. The number of barbiturate groups is 1. The molecule has 150 valence electrons. The largest absolute Gasteiger partial charge is 0.503 e. The number of hydrogen-bond donors (Lipinski definition) is 2. The van der Waals surface area contributed by atoms with Crippen LogP contribution in [-0.2, 0) is 9.59 Å². The van der Waals surface area contributed by atoms with E-state index in [1.54, 1.807) is 32.0 Å². The molecule has 29 heavy (non-hydrogen) atoms. The van der Waals surface area contributed by atoms with Crippen LogP contribution in [0.3, 0.4) is 0 Å². The highest BCUT2D eigenvalue weighted by Crippen LogP contribution is 2.36. The van der Waals surface area contributed by atoms with E-state index in [4.69, 9.17) is 4.74 Å². The molecule has 1 aliphatic heterocycles. The first-order chi connectivity index (χ1) is 13.7. The number of nitrogens with zero attached hydrogens (tertiary/aromatic N) is 1. The zero-order chi connectivity index (χ0) is 21.3. The maximum Gasteiger partial charge on any atom is 0.335 e. The number of nitrogens with one attached hydrogen (secondary N) is 1. The van der Waals surface area contributed by atoms with Gasteiger partial charge in [0.1, 0.15) is 5.57 Å². The lowest BCUT2D eigenvalue weighted by Gasteiger charge is -2.27. The van der Waals surface area contributed by atoms with E-state index in [9.17, 15) is 19.5 Å². The van der Waals surface area contributed by atoms with E-state index < -0.39 is 17.8 Å². The van der Waals surface area contributed by atoms with Crippen LogP contribution in [0.5, 0.6) is 11.5 Å². The van der Waals surface area contributed by atoms with Crippen LogP contribution in [0, 0.1) is 13.8 Å². The van der Waals surface area contributed by atoms with Crippen LogP contribution in [-0.4, -0.2) is 29.6 Å². The normalized spacial score (nSPS) is 15.7. The number of halogens is 1. The fourth-order valence-electron chi connectivity index (χ4n) is 3.04. The number of amides is 4. The molecule has 0 saturated carbocycles. The first-order valence-electron chi connectivity index (χ1n) is 8.87. The van der Waals surface area contributed by atoms with Gasteiger partial charge in [0.15, 0.2) is 11.5 Å². The number of benzene rings is 2. The summed E-state index contributed by atoms with van der Waals surface area (Å²) in [6.45, 7) is 5.79. The molecule has 0 aromatic heterocycles. The number of carbonyl (C=O) groups is 3. The molecule has 0 unspecified atom stereocenters. The molecule has 7 nitrogen and oxygen atoms in total. The summed E-state index contributed by atoms with van der Waals surface area (Å²) >= 11 is 3.23. The zero-order valence-corrected chi connectivity index (χ0v) is 17.7. The summed E-state index contributed by atoms with van der Waals surface area (Å²) < 4.78 is 5.72. The highest BCUT2D eigenvalue weighted by Gasteiger charge is 2.37. The molecule has 0 radical (unpaired) electrons. The Labute approximate surface area is 176 Å². The monoisotopic (exact) mass is 458 g/mol. The molecule has 0 aliphatic carbocycles. The number of phenolic OH excluding ortho intramolecular Hbond substituents is 1. The molecule has 2 aromatic rings. The van der Waals surface area contributed by atoms with Crippen molar-refractivity contribution >= 4 is 45.5 Å². The molecule has 2 N–H and O–H groups in total. The molecule has 0 spiro atoms. The predicted molar refractivity (Wildman–Crippen MR) is 112 cm³/mol. The lowest BCUT2D eigenvalue weighted by molar-refractivity contribution is -0.122. The molecule has 1 heterocycles. The van der Waals surface area contributed by atoms with Gasteiger partial charge in [-0.2, -0.15) is 0 Å². The molecule has 0 atom stereocenters. The van der Waals surface area contributed by atoms with Crippen LogP contribution in [0.15, 0.2) is 40.4 Å². The van der Waals surface area contributed by atoms with Crippen LogP contribution in [0.4, 0.5) is 10.5 Å². The van der Waals surface area contributed by atoms with E-state index >= 15 is 0 Å². The van der Waals surface area contributed by atoms with E-state index in [1.807, 2.05) is 13.0 Å². The first kappa shape index (κ1) is 20.6. The Hall–Kier alpha value is -3.13. The molecule has 4 amide bonds. The molecular formula is C21H19BrN2O5. The van der Waals surface area contributed by atoms with Crippen molar-refractivity contribution in [3.63, 3.8) is 0 Å². The van der Waals surface area contributed by atoms with Crippen molar-refractivity contribution < 1.29 is 24.2 Å². The number of aryl methyl sites for hydroxylation is 2. The third kappa shape index (κ3) is 4.02. The maximum atomic E-state index is 13.0. The average Bonchev–Trinajstić information content (AvgIpc) is 2.64. The molecule has 1 aliphatic rings. The summed E-state index contributed by atoms with van der Waals surface area (Å²) in [5, 5.41) is 12.3. The molecule has 2 aromatic carbocycles. The smallest absolute Gasteiger partial charge is 0.335 e. The number of ether oxygens (including phenoxy) is 1. The fourth-order valence-corrected chi connectivity index (χ4v) is 3.50. The molecule has 0 bridgehead atoms. The molecule has 1 saturated heterocycles. The summed E-state index contributed by atoms with van der Waals surface area (Å²) in [4.78, 5) is 38.7. The highest BCUT2D eigenvalue weighted by molar-refractivity contribution is 9.10. The quantitative estimate of drug-likeness (QED) is 0.535. The van der Waals surface area contributed by atoms with Gasteiger partial charge in [0.25, 0.3) is 11.8 Å². The Bertz CT molecular complexity index is 1060. The Morgan fingerprint density at radius 3 is 2.55 bits per heavy atom. The van der Waals surface area contributed by atoms with Gasteiger partial charge in [-0.3, -0.25) is 14.9 Å². The van der Waals surface area contributed by atoms with Crippen LogP contribution < -0.4 is 15.0 Å². The average molecular weight is 459 g/mol. The van der Waals surface area contributed by atoms with Gasteiger partial charge in [0, 0.05) is 0 Å². The minimum absolute atomic E-state index is 0.0829. The van der Waals surface area contributed by atoms with Gasteiger partial charge in [-0.25, -0.2) is 9.69 Å². The minimum Gasteiger partial charge on any atom is -0.503 e. The number of imide groups is 2. The number of carbonyl (C=O) groups excluding carboxylic acids is 3. The Kier molecular flexibility index (Phi) is 5.74. The topological polar surface area (TPSA) is 95.9 Å². The van der Waals surface area contributed by atoms with E-state index in [-0.39, 0.29) is 17.1 Å². The number of anilines is 1. The van der Waals surface area contributed by atoms with Gasteiger partial charge >= 0.3 is 6.03 Å². The van der Waals surface area contributed by atoms with Gasteiger partial charge in [-0.05, 0) is 72.1 Å². The number of hydrogen-bond acceptors (Lipinski definition) is 5. The van der Waals surface area contributed by atoms with Crippen molar-refractivity contribution in [2.75, 3.05) is 11.5 Å². The summed E-state index contributed by atoms with van der Waals surface area (Å²) in [6.07, 6.45) is 1.35. The Balaban J connectivity index is 2.06. The van der Waals surface area contributed by atoms with Crippen molar-refractivity contribution in [3.8, 4) is 11.5 Å². The molecule has 1 fully saturated rings. The van der Waals surface area contributed by atoms with E-state index in [2.05, 4.69) is 21.2 Å². The van der Waals surface area contributed by atoms with Crippen LogP contribution in [0.1, 0.15) is 23.6 Å². The van der Waals surface area contributed by atoms with Crippen LogP contribution >= 0.6 is 15.9 Å². The SMILES string of the molecule is CCOc1cc(/C=C2\C(=O)NC(=O)N(c3ccc(C)cc3C)C2=O)cc(Br)c1O. The van der Waals surface area contributed by atoms with Crippen molar-refractivity contribution in [2.45, 2.75) is 20.8 Å². The highest BCUT2D eigenvalue weighted by atomic mass is 79.9. The minimum atomic E-state index is -0.800. The van der Waals surface area contributed by atoms with Crippen molar-refractivity contribution in [1.29, 1.82) is 0 Å². The second-order valence-electron chi connectivity index (χ2n) is 6.53. The second-order valence-corrected chi connectivity index (χ2v) is 7.38. The lowest BCUT2D eigenvalue weighted by atomic mass is 10.0. The summed E-state index contributed by atoms with van der Waals surface area (Å²) in [5.41, 5.74) is 2.36. The summed E-state index contributed by atoms with van der Waals surface area (Å²) in [6, 6.07) is 7.55. The number of rotatable bonds is 4. The van der Waals surface area contributed by atoms with Gasteiger partial charge in [0.05, 0.1) is 16.8 Å². The first-order valence-corrected chi connectivity index (χ1v) is 9.66. The van der Waals surface area contributed by atoms with Gasteiger partial charge in [-0.1, -0.05) is 17.7 Å². The van der Waals surface area contributed by atoms with E-state index in [0.717, 1.165) is 16.0 Å². The van der Waals surface area contributed by atoms with E-state index in [1.165, 1.54) is 12.1 Å². The Morgan fingerprint density at radius 1 is 1.17 bits per heavy atom. The Morgan fingerprint density at radius 2 is 1.90 bits per heavy atom. The van der Waals surface area contributed by atoms with Crippen LogP contribution in [0.25, 0.3) is 6.08 Å². The fraction of sp³-hybridized carbons (Fsp3) is 0.190. The number of aromatic hydroxyl groups is 1. The predicted octanol–water partition coefficient (Wildman–Crippen LogP) is 3.84. The number of urea groups is 1. The van der Waals surface area contributed by atoms with Gasteiger partial charge < -0.3 is 9.84 Å². The molecule has 3 rings (SSSR count). The van der Waals surface area contributed by atoms with Crippen molar-refractivity contribution in [1.82, 2.24) is 5.32 Å². The second kappa shape index (κ2) is 8.08. The van der Waals surface area contributed by atoms with E-state index in [0.29, 0.717) is 22.3 Å². The lowest BCUT2D eigenvalue weighted by Crippen LogP contribution is -2.54. The molecular weight excluding hydrogens is 440 g/mol. The summed E-state index contributed by atoms with van der Waals surface area (Å²) in [5.74, 6) is -1.39. The molecule has 8 heteroatoms. The van der Waals surface area contributed by atoms with Crippen LogP contribution in [0.2, 0.25) is 0 Å². The van der Waals surface area contributed by atoms with Gasteiger partial charge in [-0.15, -0.1) is 0 Å². The standard InChI is InChI=1S/C21H19BrN2O5/c1-4-29-17-10-13(9-15(22)18(17)25)8-14-19(26)23-21(28)24(20(14)27)16-6-5-11(2)7-12(16)3/h5-10,25H,4H2,1-3H3,(H,23,26,28)/b14-8+.